The second-order valence-corrected chi connectivity index (χ2v) is 8.15. The molecule has 1 saturated carbocycles. The number of methoxy groups -OCH3 is 2. The summed E-state index contributed by atoms with van der Waals surface area (Å²) < 4.78 is 38.8. The van der Waals surface area contributed by atoms with Crippen LogP contribution in [0.4, 0.5) is 0 Å². The largest absolute Gasteiger partial charge is 0.493 e. The minimum atomic E-state index is -3.57. The monoisotopic (exact) mass is 341 g/mol. The third-order valence-corrected chi connectivity index (χ3v) is 6.70. The van der Waals surface area contributed by atoms with E-state index >= 15 is 0 Å². The molecule has 0 bridgehead atoms. The second kappa shape index (κ2) is 7.09. The van der Waals surface area contributed by atoms with Crippen LogP contribution < -0.4 is 9.47 Å². The van der Waals surface area contributed by atoms with E-state index in [1.807, 2.05) is 13.8 Å². The van der Waals surface area contributed by atoms with Crippen molar-refractivity contribution in [2.75, 3.05) is 14.2 Å². The van der Waals surface area contributed by atoms with Crippen LogP contribution in [0.15, 0.2) is 17.0 Å². The number of ether oxygens (including phenoxy) is 2. The van der Waals surface area contributed by atoms with Crippen LogP contribution >= 0.6 is 0 Å². The van der Waals surface area contributed by atoms with Crippen LogP contribution in [-0.4, -0.2) is 39.0 Å². The molecule has 1 aliphatic rings. The van der Waals surface area contributed by atoms with Gasteiger partial charge in [0, 0.05) is 18.2 Å². The lowest BCUT2D eigenvalue weighted by atomic mass is 10.2. The average molecular weight is 341 g/mol. The highest BCUT2D eigenvalue weighted by Crippen LogP contribution is 2.36. The number of hydrogen-bond donors (Lipinski definition) is 0. The molecule has 1 aliphatic carbocycles. The molecule has 23 heavy (non-hydrogen) atoms. The fraction of sp³-hybridized carbons (Fsp3) is 0.647. The number of aryl methyl sites for hydroxylation is 1. The lowest BCUT2D eigenvalue weighted by molar-refractivity contribution is 0.275. The number of hydrogen-bond acceptors (Lipinski definition) is 4. The molecule has 0 radical (unpaired) electrons. The highest BCUT2D eigenvalue weighted by Gasteiger charge is 2.36. The van der Waals surface area contributed by atoms with Gasteiger partial charge in [-0.05, 0) is 45.2 Å². The summed E-state index contributed by atoms with van der Waals surface area (Å²) in [5.41, 5.74) is 0.672. The van der Waals surface area contributed by atoms with E-state index in [9.17, 15) is 8.42 Å². The Morgan fingerprint density at radius 1 is 1.09 bits per heavy atom. The molecule has 1 aromatic carbocycles. The molecule has 0 atom stereocenters. The van der Waals surface area contributed by atoms with Gasteiger partial charge in [-0.15, -0.1) is 0 Å². The number of sulfonamides is 1. The van der Waals surface area contributed by atoms with Gasteiger partial charge in [0.2, 0.25) is 10.0 Å². The van der Waals surface area contributed by atoms with Crippen LogP contribution in [0.2, 0.25) is 0 Å². The first kappa shape index (κ1) is 18.1. The standard InChI is InChI=1S/C17H27NO4S/c1-12(2)18(14-8-6-7-9-14)23(19,20)17-11-16(22-5)15(21-4)10-13(17)3/h10-12,14H,6-9H2,1-5H3. The maximum absolute atomic E-state index is 13.3. The number of benzene rings is 1. The highest BCUT2D eigenvalue weighted by atomic mass is 32.2. The zero-order valence-electron chi connectivity index (χ0n) is 14.6. The molecule has 0 amide bonds. The molecule has 0 heterocycles. The molecule has 5 nitrogen and oxygen atoms in total. The van der Waals surface area contributed by atoms with Gasteiger partial charge in [0.15, 0.2) is 11.5 Å². The van der Waals surface area contributed by atoms with Gasteiger partial charge in [-0.3, -0.25) is 0 Å². The fourth-order valence-corrected chi connectivity index (χ4v) is 5.51. The molecule has 0 unspecified atom stereocenters. The Labute approximate surface area is 139 Å². The molecule has 0 spiro atoms. The molecule has 2 rings (SSSR count). The lowest BCUT2D eigenvalue weighted by Gasteiger charge is -2.32. The topological polar surface area (TPSA) is 55.8 Å². The Bertz CT molecular complexity index is 649. The van der Waals surface area contributed by atoms with Crippen molar-refractivity contribution in [3.63, 3.8) is 0 Å². The van der Waals surface area contributed by atoms with Gasteiger partial charge < -0.3 is 9.47 Å². The zero-order chi connectivity index (χ0) is 17.2. The van der Waals surface area contributed by atoms with Gasteiger partial charge >= 0.3 is 0 Å². The first-order chi connectivity index (χ1) is 10.8. The molecule has 130 valence electrons. The van der Waals surface area contributed by atoms with Gasteiger partial charge in [-0.1, -0.05) is 12.8 Å². The van der Waals surface area contributed by atoms with E-state index in [0.717, 1.165) is 25.7 Å². The van der Waals surface area contributed by atoms with Crippen LogP contribution in [0.25, 0.3) is 0 Å². The first-order valence-electron chi connectivity index (χ1n) is 8.09. The van der Waals surface area contributed by atoms with Crippen molar-refractivity contribution in [2.45, 2.75) is 63.4 Å². The number of nitrogens with zero attached hydrogens (tertiary/aromatic N) is 1. The van der Waals surface area contributed by atoms with Crippen molar-refractivity contribution in [2.24, 2.45) is 0 Å². The Morgan fingerprint density at radius 2 is 1.61 bits per heavy atom. The smallest absolute Gasteiger partial charge is 0.243 e. The molecule has 1 aromatic rings. The summed E-state index contributed by atoms with van der Waals surface area (Å²) >= 11 is 0. The molecule has 0 saturated heterocycles. The van der Waals surface area contributed by atoms with E-state index in [2.05, 4.69) is 0 Å². The summed E-state index contributed by atoms with van der Waals surface area (Å²) in [7, 11) is -0.514. The molecule has 0 aromatic heterocycles. The molecular formula is C17H27NO4S. The molecular weight excluding hydrogens is 314 g/mol. The Kier molecular flexibility index (Phi) is 5.57. The Morgan fingerprint density at radius 3 is 2.09 bits per heavy atom. The van der Waals surface area contributed by atoms with Crippen LogP contribution in [0.5, 0.6) is 11.5 Å². The van der Waals surface area contributed by atoms with Crippen LogP contribution in [0.1, 0.15) is 45.1 Å². The average Bonchev–Trinajstić information content (AvgIpc) is 2.99. The summed E-state index contributed by atoms with van der Waals surface area (Å²) in [5, 5.41) is 0. The maximum Gasteiger partial charge on any atom is 0.243 e. The summed E-state index contributed by atoms with van der Waals surface area (Å²) in [6.07, 6.45) is 4.05. The van der Waals surface area contributed by atoms with Crippen LogP contribution in [0, 0.1) is 6.92 Å². The van der Waals surface area contributed by atoms with Gasteiger partial charge in [0.1, 0.15) is 0 Å². The van der Waals surface area contributed by atoms with E-state index in [-0.39, 0.29) is 12.1 Å². The predicted octanol–water partition coefficient (Wildman–Crippen LogP) is 3.35. The van der Waals surface area contributed by atoms with E-state index in [4.69, 9.17) is 9.47 Å². The maximum atomic E-state index is 13.3. The van der Waals surface area contributed by atoms with E-state index in [1.54, 1.807) is 30.5 Å². The van der Waals surface area contributed by atoms with Crippen LogP contribution in [-0.2, 0) is 10.0 Å². The number of rotatable bonds is 6. The van der Waals surface area contributed by atoms with Crippen molar-refractivity contribution in [1.82, 2.24) is 4.31 Å². The summed E-state index contributed by atoms with van der Waals surface area (Å²) in [5.74, 6) is 0.979. The van der Waals surface area contributed by atoms with Crippen molar-refractivity contribution >= 4 is 10.0 Å². The third kappa shape index (κ3) is 3.48. The molecule has 0 aliphatic heterocycles. The van der Waals surface area contributed by atoms with E-state index in [1.165, 1.54) is 7.11 Å². The predicted molar refractivity (Wildman–Crippen MR) is 90.7 cm³/mol. The summed E-state index contributed by atoms with van der Waals surface area (Å²) in [6.45, 7) is 5.67. The lowest BCUT2D eigenvalue weighted by Crippen LogP contribution is -2.43. The Hall–Kier alpha value is -1.27. The minimum absolute atomic E-state index is 0.0735. The van der Waals surface area contributed by atoms with Crippen molar-refractivity contribution in [3.05, 3.63) is 17.7 Å². The van der Waals surface area contributed by atoms with Gasteiger partial charge in [-0.2, -0.15) is 4.31 Å². The van der Waals surface area contributed by atoms with E-state index in [0.29, 0.717) is 22.0 Å². The quantitative estimate of drug-likeness (QED) is 0.796. The first-order valence-corrected chi connectivity index (χ1v) is 9.53. The van der Waals surface area contributed by atoms with E-state index < -0.39 is 10.0 Å². The van der Waals surface area contributed by atoms with Gasteiger partial charge in [0.05, 0.1) is 19.1 Å². The fourth-order valence-electron chi connectivity index (χ4n) is 3.41. The van der Waals surface area contributed by atoms with Crippen LogP contribution in [0.3, 0.4) is 0 Å². The Balaban J connectivity index is 2.52. The third-order valence-electron chi connectivity index (χ3n) is 4.43. The minimum Gasteiger partial charge on any atom is -0.493 e. The van der Waals surface area contributed by atoms with Crippen molar-refractivity contribution in [1.29, 1.82) is 0 Å². The zero-order valence-corrected chi connectivity index (χ0v) is 15.4. The summed E-state index contributed by atoms with van der Waals surface area (Å²) in [4.78, 5) is 0.302. The van der Waals surface area contributed by atoms with Gasteiger partial charge in [0.25, 0.3) is 0 Å². The molecule has 6 heteroatoms. The second-order valence-electron chi connectivity index (χ2n) is 6.34. The highest BCUT2D eigenvalue weighted by molar-refractivity contribution is 7.89. The SMILES string of the molecule is COc1cc(C)c(S(=O)(=O)N(C(C)C)C2CCCC2)cc1OC. The van der Waals surface area contributed by atoms with Crippen molar-refractivity contribution in [3.8, 4) is 11.5 Å². The summed E-state index contributed by atoms with van der Waals surface area (Å²) in [6, 6.07) is 3.32. The van der Waals surface area contributed by atoms with Crippen molar-refractivity contribution < 1.29 is 17.9 Å². The normalized spacial score (nSPS) is 16.3. The molecule has 0 N–H and O–H groups in total. The van der Waals surface area contributed by atoms with Gasteiger partial charge in [-0.25, -0.2) is 8.42 Å². The molecule has 1 fully saturated rings.